The zero-order valence-corrected chi connectivity index (χ0v) is 21.0. The monoisotopic (exact) mass is 613 g/mol. The van der Waals surface area contributed by atoms with Crippen molar-refractivity contribution in [2.45, 2.75) is 6.61 Å². The SMILES string of the molecule is N#C/C(=C/c1cc(Br)c(OCc2ccc(Cl)cc2Cl)c(Br)c1)c1ccc(Br)cc1. The number of benzene rings is 3. The van der Waals surface area contributed by atoms with Crippen LogP contribution in [-0.2, 0) is 6.61 Å². The fourth-order valence-electron chi connectivity index (χ4n) is 2.57. The third-order valence-corrected chi connectivity index (χ3v) is 6.29. The van der Waals surface area contributed by atoms with Crippen LogP contribution in [0.3, 0.4) is 0 Å². The summed E-state index contributed by atoms with van der Waals surface area (Å²) in [5, 5.41) is 10.7. The number of ether oxygens (including phenoxy) is 1. The van der Waals surface area contributed by atoms with Crippen LogP contribution in [0.5, 0.6) is 5.75 Å². The van der Waals surface area contributed by atoms with Crippen LogP contribution in [0, 0.1) is 11.3 Å². The van der Waals surface area contributed by atoms with Crippen molar-refractivity contribution in [3.05, 3.63) is 94.8 Å². The molecule has 0 spiro atoms. The van der Waals surface area contributed by atoms with Crippen molar-refractivity contribution in [1.29, 1.82) is 5.26 Å². The first kappa shape index (κ1) is 22.4. The highest BCUT2D eigenvalue weighted by atomic mass is 79.9. The summed E-state index contributed by atoms with van der Waals surface area (Å²) in [7, 11) is 0. The smallest absolute Gasteiger partial charge is 0.148 e. The van der Waals surface area contributed by atoms with Crippen LogP contribution in [0.15, 0.2) is 68.0 Å². The molecule has 3 rings (SSSR count). The summed E-state index contributed by atoms with van der Waals surface area (Å²) in [4.78, 5) is 0. The van der Waals surface area contributed by atoms with Crippen molar-refractivity contribution in [1.82, 2.24) is 0 Å². The predicted octanol–water partition coefficient (Wildman–Crippen LogP) is 8.92. The molecule has 2 nitrogen and oxygen atoms in total. The molecule has 0 heterocycles. The Morgan fingerprint density at radius 3 is 2.21 bits per heavy atom. The van der Waals surface area contributed by atoms with Crippen LogP contribution in [0.4, 0.5) is 0 Å². The second-order valence-corrected chi connectivity index (χ2v) is 9.48. The van der Waals surface area contributed by atoms with Gasteiger partial charge in [0, 0.05) is 20.1 Å². The largest absolute Gasteiger partial charge is 0.486 e. The Kier molecular flexibility index (Phi) is 7.84. The van der Waals surface area contributed by atoms with Gasteiger partial charge in [-0.2, -0.15) is 5.26 Å². The van der Waals surface area contributed by atoms with Gasteiger partial charge in [-0.25, -0.2) is 0 Å². The van der Waals surface area contributed by atoms with Crippen LogP contribution in [0.2, 0.25) is 10.0 Å². The van der Waals surface area contributed by atoms with Crippen molar-refractivity contribution < 1.29 is 4.74 Å². The number of allylic oxidation sites excluding steroid dienone is 1. The standard InChI is InChI=1S/C22H12Br3Cl2NO/c23-17-4-1-14(2-5-17)16(11-28)7-13-8-19(24)22(20(25)9-13)29-12-15-3-6-18(26)10-21(15)27/h1-10H,12H2/b16-7-. The molecule has 0 saturated carbocycles. The average Bonchev–Trinajstić information content (AvgIpc) is 2.67. The average molecular weight is 617 g/mol. The second-order valence-electron chi connectivity index (χ2n) is 6.01. The van der Waals surface area contributed by atoms with Crippen LogP contribution in [0.1, 0.15) is 16.7 Å². The lowest BCUT2D eigenvalue weighted by molar-refractivity contribution is 0.302. The van der Waals surface area contributed by atoms with E-state index < -0.39 is 0 Å². The lowest BCUT2D eigenvalue weighted by atomic mass is 10.0. The van der Waals surface area contributed by atoms with Gasteiger partial charge in [0.05, 0.1) is 20.6 Å². The molecular weight excluding hydrogens is 605 g/mol. The maximum atomic E-state index is 9.56. The number of hydrogen-bond acceptors (Lipinski definition) is 2. The van der Waals surface area contributed by atoms with E-state index in [0.29, 0.717) is 28.0 Å². The molecule has 0 aliphatic carbocycles. The number of hydrogen-bond donors (Lipinski definition) is 0. The molecular formula is C22H12Br3Cl2NO. The Morgan fingerprint density at radius 1 is 0.966 bits per heavy atom. The van der Waals surface area contributed by atoms with Gasteiger partial charge < -0.3 is 4.74 Å². The fraction of sp³-hybridized carbons (Fsp3) is 0.0455. The lowest BCUT2D eigenvalue weighted by Crippen LogP contribution is -1.98. The zero-order chi connectivity index (χ0) is 21.0. The van der Waals surface area contributed by atoms with Gasteiger partial charge in [-0.3, -0.25) is 0 Å². The highest BCUT2D eigenvalue weighted by Gasteiger charge is 2.11. The van der Waals surface area contributed by atoms with E-state index in [-0.39, 0.29) is 0 Å². The highest BCUT2D eigenvalue weighted by molar-refractivity contribution is 9.11. The van der Waals surface area contributed by atoms with Gasteiger partial charge in [0.1, 0.15) is 12.4 Å². The summed E-state index contributed by atoms with van der Waals surface area (Å²) in [5.74, 6) is 0.648. The van der Waals surface area contributed by atoms with Crippen molar-refractivity contribution in [3.63, 3.8) is 0 Å². The minimum absolute atomic E-state index is 0.296. The molecule has 0 fully saturated rings. The fourth-order valence-corrected chi connectivity index (χ4v) is 4.74. The van der Waals surface area contributed by atoms with Crippen LogP contribution in [-0.4, -0.2) is 0 Å². The third kappa shape index (κ3) is 5.87. The number of rotatable bonds is 5. The molecule has 0 N–H and O–H groups in total. The Balaban J connectivity index is 1.85. The summed E-state index contributed by atoms with van der Waals surface area (Å²) >= 11 is 22.7. The van der Waals surface area contributed by atoms with Crippen molar-refractivity contribution in [2.24, 2.45) is 0 Å². The van der Waals surface area contributed by atoms with Gasteiger partial charge in [-0.15, -0.1) is 0 Å². The summed E-state index contributed by atoms with van der Waals surface area (Å²) < 4.78 is 8.43. The van der Waals surface area contributed by atoms with Crippen molar-refractivity contribution in [2.75, 3.05) is 0 Å². The third-order valence-electron chi connectivity index (χ3n) is 3.99. The van der Waals surface area contributed by atoms with Crippen molar-refractivity contribution >= 4 is 82.6 Å². The maximum absolute atomic E-state index is 9.56. The minimum atomic E-state index is 0.296. The summed E-state index contributed by atoms with van der Waals surface area (Å²) in [6.07, 6.45) is 1.83. The predicted molar refractivity (Wildman–Crippen MR) is 130 cm³/mol. The molecule has 0 bridgehead atoms. The quantitative estimate of drug-likeness (QED) is 0.212. The van der Waals surface area contributed by atoms with Gasteiger partial charge >= 0.3 is 0 Å². The molecule has 0 unspecified atom stereocenters. The molecule has 0 saturated heterocycles. The van der Waals surface area contributed by atoms with E-state index in [1.54, 1.807) is 12.1 Å². The Morgan fingerprint density at radius 2 is 1.62 bits per heavy atom. The topological polar surface area (TPSA) is 33.0 Å². The molecule has 0 aliphatic heterocycles. The normalized spacial score (nSPS) is 11.2. The molecule has 146 valence electrons. The molecule has 3 aromatic carbocycles. The first-order valence-electron chi connectivity index (χ1n) is 8.31. The molecule has 7 heteroatoms. The summed E-state index contributed by atoms with van der Waals surface area (Å²) in [5.41, 5.74) is 3.11. The van der Waals surface area contributed by atoms with E-state index in [4.69, 9.17) is 27.9 Å². The molecule has 29 heavy (non-hydrogen) atoms. The van der Waals surface area contributed by atoms with E-state index in [2.05, 4.69) is 53.9 Å². The molecule has 0 aromatic heterocycles. The Labute approximate surface area is 204 Å². The van der Waals surface area contributed by atoms with Gasteiger partial charge in [-0.1, -0.05) is 57.3 Å². The van der Waals surface area contributed by atoms with Crippen LogP contribution < -0.4 is 4.74 Å². The maximum Gasteiger partial charge on any atom is 0.148 e. The van der Waals surface area contributed by atoms with Gasteiger partial charge in [0.15, 0.2) is 0 Å². The van der Waals surface area contributed by atoms with Gasteiger partial charge in [0.2, 0.25) is 0 Å². The number of nitriles is 1. The zero-order valence-electron chi connectivity index (χ0n) is 14.7. The van der Waals surface area contributed by atoms with E-state index >= 15 is 0 Å². The Bertz CT molecular complexity index is 1100. The lowest BCUT2D eigenvalue weighted by Gasteiger charge is -2.12. The highest BCUT2D eigenvalue weighted by Crippen LogP contribution is 2.37. The van der Waals surface area contributed by atoms with Crippen LogP contribution in [0.25, 0.3) is 11.6 Å². The molecule has 0 radical (unpaired) electrons. The van der Waals surface area contributed by atoms with Crippen molar-refractivity contribution in [3.8, 4) is 11.8 Å². The molecule has 0 atom stereocenters. The van der Waals surface area contributed by atoms with Gasteiger partial charge in [-0.05, 0) is 85.5 Å². The molecule has 0 aliphatic rings. The minimum Gasteiger partial charge on any atom is -0.486 e. The van der Waals surface area contributed by atoms with Gasteiger partial charge in [0.25, 0.3) is 0 Å². The number of nitrogens with zero attached hydrogens (tertiary/aromatic N) is 1. The summed E-state index contributed by atoms with van der Waals surface area (Å²) in [6.45, 7) is 0.296. The summed E-state index contributed by atoms with van der Waals surface area (Å²) in [6, 6.07) is 19.0. The second kappa shape index (κ2) is 10.1. The van der Waals surface area contributed by atoms with Crippen LogP contribution >= 0.6 is 71.0 Å². The number of halogens is 5. The van der Waals surface area contributed by atoms with E-state index in [1.165, 1.54) is 0 Å². The van der Waals surface area contributed by atoms with E-state index in [9.17, 15) is 5.26 Å². The molecule has 3 aromatic rings. The first-order chi connectivity index (χ1) is 13.9. The first-order valence-corrected chi connectivity index (χ1v) is 11.4. The van der Waals surface area contributed by atoms with E-state index in [1.807, 2.05) is 48.5 Å². The Hall–Kier alpha value is -1.29. The van der Waals surface area contributed by atoms with E-state index in [0.717, 1.165) is 30.1 Å². The molecule has 0 amide bonds.